The Morgan fingerprint density at radius 1 is 0.880 bits per heavy atom. The Morgan fingerprint density at radius 3 is 2.56 bits per heavy atom. The van der Waals surface area contributed by atoms with Crippen molar-refractivity contribution in [3.05, 3.63) is 78.6 Å². The number of nitrogens with zero attached hydrogens (tertiary/aromatic N) is 3. The van der Waals surface area contributed by atoms with Gasteiger partial charge >= 0.3 is 0 Å². The summed E-state index contributed by atoms with van der Waals surface area (Å²) in [7, 11) is 0. The fourth-order valence-corrected chi connectivity index (χ4v) is 4.36. The normalized spacial score (nSPS) is 11.4. The minimum Gasteiger partial charge on any atom is -0.206 e. The monoisotopic (exact) mass is 341 g/mol. The van der Waals surface area contributed by atoms with Crippen LogP contribution in [0.4, 0.5) is 0 Å². The van der Waals surface area contributed by atoms with Gasteiger partial charge in [-0.15, -0.1) is 0 Å². The number of fused-ring (bicyclic) bond motifs is 2. The highest BCUT2D eigenvalue weighted by Gasteiger charge is 2.18. The van der Waals surface area contributed by atoms with E-state index in [0.29, 0.717) is 0 Å². The molecule has 5 rings (SSSR count). The Kier molecular flexibility index (Phi) is 3.18. The zero-order valence-corrected chi connectivity index (χ0v) is 14.5. The second kappa shape index (κ2) is 5.53. The van der Waals surface area contributed by atoms with Gasteiger partial charge in [0.25, 0.3) is 0 Å². The number of aromatic nitrogens is 3. The smallest absolute Gasteiger partial charge is 0.206 e. The van der Waals surface area contributed by atoms with Crippen molar-refractivity contribution in [2.75, 3.05) is 0 Å². The lowest BCUT2D eigenvalue weighted by molar-refractivity contribution is 0.985. The fraction of sp³-hybridized carbons (Fsp3) is 0.0476. The molecule has 0 saturated heterocycles. The van der Waals surface area contributed by atoms with Crippen molar-refractivity contribution in [1.29, 1.82) is 0 Å². The Morgan fingerprint density at radius 2 is 1.68 bits per heavy atom. The Hall–Kier alpha value is -2.98. The second-order valence-electron chi connectivity index (χ2n) is 6.13. The van der Waals surface area contributed by atoms with E-state index in [1.165, 1.54) is 26.8 Å². The first-order valence-corrected chi connectivity index (χ1v) is 9.00. The maximum Gasteiger partial charge on any atom is 0.213 e. The molecule has 0 unspecified atom stereocenters. The maximum absolute atomic E-state index is 4.46. The highest BCUT2D eigenvalue weighted by atomic mass is 32.1. The third-order valence-corrected chi connectivity index (χ3v) is 5.57. The van der Waals surface area contributed by atoms with Crippen molar-refractivity contribution in [3.8, 4) is 21.7 Å². The van der Waals surface area contributed by atoms with Crippen LogP contribution in [0.25, 0.3) is 37.4 Å². The first-order chi connectivity index (χ1) is 12.3. The van der Waals surface area contributed by atoms with Gasteiger partial charge in [0.1, 0.15) is 6.33 Å². The molecular formula is C21H15N3S. The molecule has 25 heavy (non-hydrogen) atoms. The number of aryl methyl sites for hydroxylation is 1. The molecule has 0 N–H and O–H groups in total. The largest absolute Gasteiger partial charge is 0.213 e. The van der Waals surface area contributed by atoms with Crippen LogP contribution in [0.2, 0.25) is 0 Å². The van der Waals surface area contributed by atoms with Crippen molar-refractivity contribution in [2.24, 2.45) is 0 Å². The molecule has 0 atom stereocenters. The second-order valence-corrected chi connectivity index (χ2v) is 7.10. The summed E-state index contributed by atoms with van der Waals surface area (Å²) in [5.41, 5.74) is 4.74. The van der Waals surface area contributed by atoms with Crippen LogP contribution in [0.1, 0.15) is 5.56 Å². The van der Waals surface area contributed by atoms with Gasteiger partial charge < -0.3 is 0 Å². The van der Waals surface area contributed by atoms with Gasteiger partial charge in [0.15, 0.2) is 0 Å². The van der Waals surface area contributed by atoms with E-state index in [4.69, 9.17) is 0 Å². The Balaban J connectivity index is 1.86. The van der Waals surface area contributed by atoms with E-state index < -0.39 is 0 Å². The molecule has 0 fully saturated rings. The van der Waals surface area contributed by atoms with Gasteiger partial charge in [-0.1, -0.05) is 83.6 Å². The third-order valence-electron chi connectivity index (χ3n) is 4.50. The Bertz CT molecular complexity index is 1190. The molecule has 2 aromatic heterocycles. The molecule has 0 amide bonds. The fourth-order valence-electron chi connectivity index (χ4n) is 3.26. The molecule has 4 heteroatoms. The molecule has 0 aliphatic heterocycles. The molecule has 0 aliphatic rings. The van der Waals surface area contributed by atoms with Crippen LogP contribution in [0.3, 0.4) is 0 Å². The van der Waals surface area contributed by atoms with Crippen molar-refractivity contribution in [3.63, 3.8) is 0 Å². The van der Waals surface area contributed by atoms with Crippen LogP contribution in [0.5, 0.6) is 0 Å². The van der Waals surface area contributed by atoms with Crippen molar-refractivity contribution >= 4 is 27.1 Å². The lowest BCUT2D eigenvalue weighted by Gasteiger charge is -2.08. The lowest BCUT2D eigenvalue weighted by Crippen LogP contribution is -1.91. The van der Waals surface area contributed by atoms with E-state index in [1.807, 2.05) is 4.52 Å². The number of hydrogen-bond donors (Lipinski definition) is 0. The molecule has 0 aliphatic carbocycles. The van der Waals surface area contributed by atoms with E-state index in [-0.39, 0.29) is 0 Å². The molecule has 2 heterocycles. The number of rotatable bonds is 2. The molecule has 3 aromatic carbocycles. The van der Waals surface area contributed by atoms with Crippen LogP contribution >= 0.6 is 11.3 Å². The average Bonchev–Trinajstić information content (AvgIpc) is 3.23. The predicted molar refractivity (Wildman–Crippen MR) is 104 cm³/mol. The van der Waals surface area contributed by atoms with Gasteiger partial charge in [-0.2, -0.15) is 5.10 Å². The van der Waals surface area contributed by atoms with Crippen LogP contribution in [-0.2, 0) is 0 Å². The predicted octanol–water partition coefficient (Wildman–Crippen LogP) is 5.59. The zero-order valence-electron chi connectivity index (χ0n) is 13.7. The van der Waals surface area contributed by atoms with Crippen molar-refractivity contribution < 1.29 is 0 Å². The lowest BCUT2D eigenvalue weighted by atomic mass is 10.00. The number of benzene rings is 3. The topological polar surface area (TPSA) is 30.2 Å². The SMILES string of the molecule is Cc1ccc(-c2c(-c3cccc4ccccc34)sc3ncnn23)cc1. The number of hydrogen-bond acceptors (Lipinski definition) is 3. The van der Waals surface area contributed by atoms with Gasteiger partial charge in [0.05, 0.1) is 10.6 Å². The summed E-state index contributed by atoms with van der Waals surface area (Å²) < 4.78 is 1.95. The molecular weight excluding hydrogens is 326 g/mol. The quantitative estimate of drug-likeness (QED) is 0.419. The number of thiazole rings is 1. The first-order valence-electron chi connectivity index (χ1n) is 8.19. The molecule has 0 saturated carbocycles. The van der Waals surface area contributed by atoms with Crippen LogP contribution in [0.15, 0.2) is 73.1 Å². The van der Waals surface area contributed by atoms with E-state index in [0.717, 1.165) is 16.2 Å². The summed E-state index contributed by atoms with van der Waals surface area (Å²) in [5, 5.41) is 6.96. The van der Waals surface area contributed by atoms with Crippen molar-refractivity contribution in [2.45, 2.75) is 6.92 Å². The summed E-state index contributed by atoms with van der Waals surface area (Å²) in [6.45, 7) is 2.11. The van der Waals surface area contributed by atoms with Gasteiger partial charge in [-0.3, -0.25) is 0 Å². The molecule has 0 radical (unpaired) electrons. The van der Waals surface area contributed by atoms with Crippen LogP contribution in [0, 0.1) is 6.92 Å². The molecule has 120 valence electrons. The van der Waals surface area contributed by atoms with Crippen molar-refractivity contribution in [1.82, 2.24) is 14.6 Å². The zero-order chi connectivity index (χ0) is 16.8. The first kappa shape index (κ1) is 14.4. The van der Waals surface area contributed by atoms with Gasteiger partial charge in [-0.05, 0) is 17.7 Å². The van der Waals surface area contributed by atoms with E-state index in [1.54, 1.807) is 17.7 Å². The van der Waals surface area contributed by atoms with Crippen LogP contribution in [-0.4, -0.2) is 14.6 Å². The summed E-state index contributed by atoms with van der Waals surface area (Å²) in [6, 6.07) is 23.6. The summed E-state index contributed by atoms with van der Waals surface area (Å²) in [6.07, 6.45) is 1.62. The molecule has 5 aromatic rings. The van der Waals surface area contributed by atoms with Gasteiger partial charge in [-0.25, -0.2) is 9.50 Å². The van der Waals surface area contributed by atoms with Gasteiger partial charge in [0, 0.05) is 11.1 Å². The molecule has 0 bridgehead atoms. The summed E-state index contributed by atoms with van der Waals surface area (Å²) in [4.78, 5) is 6.54. The highest BCUT2D eigenvalue weighted by molar-refractivity contribution is 7.21. The van der Waals surface area contributed by atoms with E-state index in [2.05, 4.69) is 83.7 Å². The molecule has 3 nitrogen and oxygen atoms in total. The average molecular weight is 341 g/mol. The minimum absolute atomic E-state index is 0.915. The third kappa shape index (κ3) is 2.26. The Labute approximate surface area is 149 Å². The standard InChI is InChI=1S/C21H15N3S/c1-14-9-11-16(12-10-14)19-20(25-21-22-13-23-24(19)21)18-8-4-6-15-5-2-3-7-17(15)18/h2-13H,1H3. The van der Waals surface area contributed by atoms with E-state index in [9.17, 15) is 0 Å². The minimum atomic E-state index is 0.915. The van der Waals surface area contributed by atoms with Gasteiger partial charge in [0.2, 0.25) is 4.96 Å². The van der Waals surface area contributed by atoms with Crippen LogP contribution < -0.4 is 0 Å². The van der Waals surface area contributed by atoms with E-state index >= 15 is 0 Å². The highest BCUT2D eigenvalue weighted by Crippen LogP contribution is 2.41. The summed E-state index contributed by atoms with van der Waals surface area (Å²) >= 11 is 1.69. The maximum atomic E-state index is 4.46. The molecule has 0 spiro atoms. The summed E-state index contributed by atoms with van der Waals surface area (Å²) in [5.74, 6) is 0.